The van der Waals surface area contributed by atoms with Gasteiger partial charge in [-0.05, 0) is 18.1 Å². The van der Waals surface area contributed by atoms with E-state index in [-0.39, 0.29) is 5.92 Å². The minimum absolute atomic E-state index is 0.266. The monoisotopic (exact) mass is 300 g/mol. The lowest BCUT2D eigenvalue weighted by atomic mass is 10.1. The molecule has 2 aromatic rings. The molecule has 0 unspecified atom stereocenters. The molecule has 1 atom stereocenters. The Morgan fingerprint density at radius 1 is 1.18 bits per heavy atom. The van der Waals surface area contributed by atoms with Crippen molar-refractivity contribution in [1.29, 1.82) is 0 Å². The molecule has 1 aromatic carbocycles. The van der Waals surface area contributed by atoms with Gasteiger partial charge in [-0.1, -0.05) is 32.9 Å². The van der Waals surface area contributed by atoms with Crippen LogP contribution in [-0.2, 0) is 6.54 Å². The normalized spacial score (nSPS) is 18.5. The van der Waals surface area contributed by atoms with E-state index in [1.807, 2.05) is 0 Å². The number of nitrogens with zero attached hydrogens (tertiary/aromatic N) is 4. The van der Waals surface area contributed by atoms with Gasteiger partial charge in [-0.3, -0.25) is 0 Å². The van der Waals surface area contributed by atoms with Gasteiger partial charge in [-0.2, -0.15) is 0 Å². The zero-order chi connectivity index (χ0) is 15.7. The Bertz CT molecular complexity index is 637. The summed E-state index contributed by atoms with van der Waals surface area (Å²) >= 11 is 0. The van der Waals surface area contributed by atoms with E-state index in [1.165, 1.54) is 11.4 Å². The molecule has 1 aromatic heterocycles. The van der Waals surface area contributed by atoms with Gasteiger partial charge in [0, 0.05) is 26.1 Å². The molecule has 5 nitrogen and oxygen atoms in total. The molecule has 0 saturated carbocycles. The van der Waals surface area contributed by atoms with Crippen LogP contribution in [0.1, 0.15) is 38.5 Å². The summed E-state index contributed by atoms with van der Waals surface area (Å²) in [6.45, 7) is 9.11. The number of fused-ring (bicyclic) bond motifs is 1. The van der Waals surface area contributed by atoms with Crippen molar-refractivity contribution in [3.05, 3.63) is 36.0 Å². The standard InChI is InChI=1S/C17H24N4O/c1-12(2)17-19-18-16(22-17)11-21-10-13(3)9-20(4)14-7-5-6-8-15(14)21/h5-8,12-13H,9-11H2,1-4H3/t13-/m1/s1. The summed E-state index contributed by atoms with van der Waals surface area (Å²) in [5.41, 5.74) is 2.49. The molecule has 1 aliphatic rings. The lowest BCUT2D eigenvalue weighted by Gasteiger charge is -2.24. The predicted octanol–water partition coefficient (Wildman–Crippen LogP) is 3.29. The van der Waals surface area contributed by atoms with Crippen LogP contribution in [0.3, 0.4) is 0 Å². The van der Waals surface area contributed by atoms with Crippen molar-refractivity contribution in [1.82, 2.24) is 10.2 Å². The zero-order valence-electron chi connectivity index (χ0n) is 13.8. The number of benzene rings is 1. The van der Waals surface area contributed by atoms with Crippen LogP contribution in [0.2, 0.25) is 0 Å². The van der Waals surface area contributed by atoms with Crippen LogP contribution < -0.4 is 9.80 Å². The van der Waals surface area contributed by atoms with Crippen molar-refractivity contribution in [3.63, 3.8) is 0 Å². The summed E-state index contributed by atoms with van der Waals surface area (Å²) in [6.07, 6.45) is 0. The fourth-order valence-corrected chi connectivity index (χ4v) is 3.03. The van der Waals surface area contributed by atoms with E-state index in [0.717, 1.165) is 13.1 Å². The number of hydrogen-bond donors (Lipinski definition) is 0. The van der Waals surface area contributed by atoms with Gasteiger partial charge in [0.25, 0.3) is 0 Å². The first-order valence-corrected chi connectivity index (χ1v) is 7.92. The highest BCUT2D eigenvalue weighted by Crippen LogP contribution is 2.33. The van der Waals surface area contributed by atoms with Crippen LogP contribution in [0.15, 0.2) is 28.7 Å². The summed E-state index contributed by atoms with van der Waals surface area (Å²) in [4.78, 5) is 4.68. The second-order valence-corrected chi connectivity index (χ2v) is 6.54. The van der Waals surface area contributed by atoms with Crippen molar-refractivity contribution >= 4 is 11.4 Å². The number of aromatic nitrogens is 2. The summed E-state index contributed by atoms with van der Waals surface area (Å²) < 4.78 is 5.79. The Morgan fingerprint density at radius 3 is 2.59 bits per heavy atom. The maximum absolute atomic E-state index is 5.79. The zero-order valence-corrected chi connectivity index (χ0v) is 13.8. The van der Waals surface area contributed by atoms with Gasteiger partial charge in [0.1, 0.15) is 0 Å². The number of hydrogen-bond acceptors (Lipinski definition) is 5. The molecule has 1 aliphatic heterocycles. The highest BCUT2D eigenvalue weighted by Gasteiger charge is 2.23. The minimum Gasteiger partial charge on any atom is -0.423 e. The van der Waals surface area contributed by atoms with Gasteiger partial charge >= 0.3 is 0 Å². The van der Waals surface area contributed by atoms with Gasteiger partial charge in [-0.25, -0.2) is 0 Å². The second-order valence-electron chi connectivity index (χ2n) is 6.54. The first-order chi connectivity index (χ1) is 10.5. The Hall–Kier alpha value is -2.04. The molecular formula is C17H24N4O. The minimum atomic E-state index is 0.266. The molecule has 0 aliphatic carbocycles. The summed E-state index contributed by atoms with van der Waals surface area (Å²) in [5, 5.41) is 8.35. The Kier molecular flexibility index (Phi) is 4.05. The van der Waals surface area contributed by atoms with Gasteiger partial charge < -0.3 is 14.2 Å². The van der Waals surface area contributed by atoms with Crippen LogP contribution in [0.4, 0.5) is 11.4 Å². The number of para-hydroxylation sites is 2. The number of rotatable bonds is 3. The van der Waals surface area contributed by atoms with Gasteiger partial charge in [0.2, 0.25) is 11.8 Å². The maximum atomic E-state index is 5.79. The molecule has 0 saturated heterocycles. The van der Waals surface area contributed by atoms with E-state index < -0.39 is 0 Å². The van der Waals surface area contributed by atoms with E-state index in [9.17, 15) is 0 Å². The van der Waals surface area contributed by atoms with Crippen LogP contribution in [0.25, 0.3) is 0 Å². The molecule has 2 heterocycles. The molecule has 0 spiro atoms. The first-order valence-electron chi connectivity index (χ1n) is 7.92. The van der Waals surface area contributed by atoms with Crippen LogP contribution in [-0.4, -0.2) is 30.3 Å². The molecule has 0 N–H and O–H groups in total. The van der Waals surface area contributed by atoms with Gasteiger partial charge in [0.05, 0.1) is 17.9 Å². The molecule has 0 amide bonds. The first kappa shape index (κ1) is 14.9. The average molecular weight is 300 g/mol. The van der Waals surface area contributed by atoms with Gasteiger partial charge in [0.15, 0.2) is 0 Å². The van der Waals surface area contributed by atoms with E-state index in [0.29, 0.717) is 24.2 Å². The van der Waals surface area contributed by atoms with Gasteiger partial charge in [-0.15, -0.1) is 10.2 Å². The molecule has 0 radical (unpaired) electrons. The Morgan fingerprint density at radius 2 is 1.91 bits per heavy atom. The van der Waals surface area contributed by atoms with E-state index in [2.05, 4.69) is 72.1 Å². The molecule has 0 fully saturated rings. The van der Waals surface area contributed by atoms with Crippen molar-refractivity contribution in [2.24, 2.45) is 5.92 Å². The third-order valence-corrected chi connectivity index (χ3v) is 4.05. The van der Waals surface area contributed by atoms with E-state index in [1.54, 1.807) is 0 Å². The lowest BCUT2D eigenvalue weighted by molar-refractivity contribution is 0.424. The third kappa shape index (κ3) is 2.93. The highest BCUT2D eigenvalue weighted by atomic mass is 16.4. The second kappa shape index (κ2) is 5.99. The lowest BCUT2D eigenvalue weighted by Crippen LogP contribution is -2.29. The van der Waals surface area contributed by atoms with Crippen LogP contribution in [0.5, 0.6) is 0 Å². The molecule has 5 heteroatoms. The molecule has 118 valence electrons. The highest BCUT2D eigenvalue weighted by molar-refractivity contribution is 5.71. The quantitative estimate of drug-likeness (QED) is 0.870. The van der Waals surface area contributed by atoms with Crippen LogP contribution in [0, 0.1) is 5.92 Å². The molecule has 0 bridgehead atoms. The summed E-state index contributed by atoms with van der Waals surface area (Å²) in [6, 6.07) is 8.52. The van der Waals surface area contributed by atoms with E-state index in [4.69, 9.17) is 4.42 Å². The SMILES string of the molecule is CC(C)c1nnc(CN2C[C@H](C)CN(C)c3ccccc32)o1. The topological polar surface area (TPSA) is 45.4 Å². The molecule has 22 heavy (non-hydrogen) atoms. The maximum Gasteiger partial charge on any atom is 0.235 e. The fourth-order valence-electron chi connectivity index (χ4n) is 3.03. The fraction of sp³-hybridized carbons (Fsp3) is 0.529. The largest absolute Gasteiger partial charge is 0.423 e. The van der Waals surface area contributed by atoms with E-state index >= 15 is 0 Å². The smallest absolute Gasteiger partial charge is 0.235 e. The van der Waals surface area contributed by atoms with Crippen LogP contribution >= 0.6 is 0 Å². The third-order valence-electron chi connectivity index (χ3n) is 4.05. The summed E-state index contributed by atoms with van der Waals surface area (Å²) in [5.74, 6) is 2.24. The Labute approximate surface area is 131 Å². The van der Waals surface area contributed by atoms with Crippen molar-refractivity contribution < 1.29 is 4.42 Å². The molecular weight excluding hydrogens is 276 g/mol. The van der Waals surface area contributed by atoms with Crippen molar-refractivity contribution in [2.75, 3.05) is 29.9 Å². The molecule has 3 rings (SSSR count). The summed E-state index contributed by atoms with van der Waals surface area (Å²) in [7, 11) is 2.16. The Balaban J connectivity index is 1.89. The van der Waals surface area contributed by atoms with Crippen molar-refractivity contribution in [3.8, 4) is 0 Å². The average Bonchev–Trinajstić information content (AvgIpc) is 2.91. The number of anilines is 2. The van der Waals surface area contributed by atoms with Crippen molar-refractivity contribution in [2.45, 2.75) is 33.2 Å². The predicted molar refractivity (Wildman–Crippen MR) is 88.3 cm³/mol.